The fourth-order valence-electron chi connectivity index (χ4n) is 2.83. The molecule has 1 N–H and O–H groups in total. The summed E-state index contributed by atoms with van der Waals surface area (Å²) >= 11 is 0. The summed E-state index contributed by atoms with van der Waals surface area (Å²) in [6.45, 7) is 9.90. The average Bonchev–Trinajstić information content (AvgIpc) is 2.37. The van der Waals surface area contributed by atoms with E-state index in [9.17, 15) is 0 Å². The lowest BCUT2D eigenvalue weighted by Crippen LogP contribution is -2.39. The first-order valence-electron chi connectivity index (χ1n) is 7.67. The number of nitrogens with one attached hydrogen (secondary N) is 1. The third-order valence-electron chi connectivity index (χ3n) is 3.63. The second-order valence-corrected chi connectivity index (χ2v) is 6.26. The van der Waals surface area contributed by atoms with Crippen molar-refractivity contribution in [1.29, 1.82) is 0 Å². The zero-order valence-electron chi connectivity index (χ0n) is 13.7. The van der Waals surface area contributed by atoms with Gasteiger partial charge in [0.25, 0.3) is 0 Å². The van der Waals surface area contributed by atoms with Crippen molar-refractivity contribution in [3.05, 3.63) is 23.8 Å². The van der Waals surface area contributed by atoms with E-state index in [2.05, 4.69) is 32.2 Å². The van der Waals surface area contributed by atoms with E-state index in [1.54, 1.807) is 7.11 Å². The van der Waals surface area contributed by atoms with Crippen molar-refractivity contribution < 1.29 is 14.2 Å². The smallest absolute Gasteiger partial charge is 0.128 e. The SMILES string of the molecule is CCNC1CC(C)(C)Oc2cc(OC(C)COC)ccc21. The predicted octanol–water partition coefficient (Wildman–Crippen LogP) is 3.31. The fourth-order valence-corrected chi connectivity index (χ4v) is 2.83. The molecule has 4 nitrogen and oxygen atoms in total. The van der Waals surface area contributed by atoms with E-state index in [0.29, 0.717) is 12.6 Å². The first kappa shape index (κ1) is 16.1. The molecule has 2 unspecified atom stereocenters. The van der Waals surface area contributed by atoms with E-state index < -0.39 is 0 Å². The first-order valence-corrected chi connectivity index (χ1v) is 7.67. The fraction of sp³-hybridized carbons (Fsp3) is 0.647. The Kier molecular flexibility index (Phi) is 5.12. The highest BCUT2D eigenvalue weighted by Gasteiger charge is 2.33. The standard InChI is InChI=1S/C17H27NO3/c1-6-18-15-10-17(3,4)21-16-9-13(7-8-14(15)16)20-12(2)11-19-5/h7-9,12,15,18H,6,10-11H2,1-5H3. The molecule has 1 aliphatic heterocycles. The second-order valence-electron chi connectivity index (χ2n) is 6.26. The van der Waals surface area contributed by atoms with E-state index in [4.69, 9.17) is 14.2 Å². The van der Waals surface area contributed by atoms with E-state index in [1.165, 1.54) is 5.56 Å². The number of fused-ring (bicyclic) bond motifs is 1. The summed E-state index contributed by atoms with van der Waals surface area (Å²) in [6, 6.07) is 6.44. The Morgan fingerprint density at radius 3 is 2.86 bits per heavy atom. The molecule has 1 aromatic carbocycles. The zero-order chi connectivity index (χ0) is 15.5. The molecule has 1 heterocycles. The zero-order valence-corrected chi connectivity index (χ0v) is 13.7. The molecule has 0 fully saturated rings. The van der Waals surface area contributed by atoms with Gasteiger partial charge in [-0.05, 0) is 33.4 Å². The molecule has 1 aliphatic rings. The molecular formula is C17H27NO3. The number of methoxy groups -OCH3 is 1. The van der Waals surface area contributed by atoms with Crippen molar-refractivity contribution in [3.8, 4) is 11.5 Å². The van der Waals surface area contributed by atoms with Gasteiger partial charge in [-0.2, -0.15) is 0 Å². The van der Waals surface area contributed by atoms with Crippen LogP contribution in [-0.2, 0) is 4.74 Å². The van der Waals surface area contributed by atoms with Gasteiger partial charge in [-0.1, -0.05) is 13.0 Å². The number of hydrogen-bond donors (Lipinski definition) is 1. The van der Waals surface area contributed by atoms with Gasteiger partial charge in [0.2, 0.25) is 0 Å². The van der Waals surface area contributed by atoms with Crippen LogP contribution in [0.3, 0.4) is 0 Å². The summed E-state index contributed by atoms with van der Waals surface area (Å²) in [7, 11) is 1.68. The minimum absolute atomic E-state index is 0.0224. The van der Waals surface area contributed by atoms with Gasteiger partial charge in [0.15, 0.2) is 0 Å². The second kappa shape index (κ2) is 6.67. The molecular weight excluding hydrogens is 266 g/mol. The van der Waals surface area contributed by atoms with Crippen molar-refractivity contribution in [2.24, 2.45) is 0 Å². The average molecular weight is 293 g/mol. The van der Waals surface area contributed by atoms with Crippen molar-refractivity contribution >= 4 is 0 Å². The lowest BCUT2D eigenvalue weighted by atomic mass is 9.89. The van der Waals surface area contributed by atoms with Crippen LogP contribution in [0.2, 0.25) is 0 Å². The molecule has 0 amide bonds. The Balaban J connectivity index is 2.21. The third-order valence-corrected chi connectivity index (χ3v) is 3.63. The highest BCUT2D eigenvalue weighted by Crippen LogP contribution is 2.41. The first-order chi connectivity index (χ1) is 9.95. The van der Waals surface area contributed by atoms with Crippen LogP contribution in [0.4, 0.5) is 0 Å². The quantitative estimate of drug-likeness (QED) is 0.873. The van der Waals surface area contributed by atoms with Crippen LogP contribution in [0, 0.1) is 0 Å². The van der Waals surface area contributed by atoms with Gasteiger partial charge in [-0.3, -0.25) is 0 Å². The Morgan fingerprint density at radius 2 is 2.19 bits per heavy atom. The lowest BCUT2D eigenvalue weighted by molar-refractivity contribution is 0.0645. The van der Waals surface area contributed by atoms with Crippen molar-refractivity contribution in [2.45, 2.75) is 51.9 Å². The van der Waals surface area contributed by atoms with E-state index in [-0.39, 0.29) is 11.7 Å². The monoisotopic (exact) mass is 293 g/mol. The molecule has 0 spiro atoms. The topological polar surface area (TPSA) is 39.7 Å². The molecule has 0 saturated heterocycles. The van der Waals surface area contributed by atoms with E-state index in [0.717, 1.165) is 24.5 Å². The molecule has 0 saturated carbocycles. The van der Waals surface area contributed by atoms with Crippen molar-refractivity contribution in [1.82, 2.24) is 5.32 Å². The van der Waals surface area contributed by atoms with Crippen molar-refractivity contribution in [2.75, 3.05) is 20.3 Å². The van der Waals surface area contributed by atoms with Crippen LogP contribution >= 0.6 is 0 Å². The minimum Gasteiger partial charge on any atom is -0.488 e. The maximum Gasteiger partial charge on any atom is 0.128 e. The minimum atomic E-state index is -0.170. The molecule has 2 atom stereocenters. The Labute approximate surface area is 127 Å². The van der Waals surface area contributed by atoms with Gasteiger partial charge in [-0.15, -0.1) is 0 Å². The molecule has 1 aromatic rings. The van der Waals surface area contributed by atoms with Crippen LogP contribution in [0.5, 0.6) is 11.5 Å². The molecule has 118 valence electrons. The number of rotatable bonds is 6. The van der Waals surface area contributed by atoms with Gasteiger partial charge in [0, 0.05) is 31.2 Å². The molecule has 0 bridgehead atoms. The third kappa shape index (κ3) is 4.11. The lowest BCUT2D eigenvalue weighted by Gasteiger charge is -2.38. The molecule has 0 aliphatic carbocycles. The van der Waals surface area contributed by atoms with Crippen molar-refractivity contribution in [3.63, 3.8) is 0 Å². The van der Waals surface area contributed by atoms with Gasteiger partial charge in [0.05, 0.1) is 6.61 Å². The van der Waals surface area contributed by atoms with Gasteiger partial charge in [-0.25, -0.2) is 0 Å². The molecule has 4 heteroatoms. The Bertz CT molecular complexity index is 473. The summed E-state index contributed by atoms with van der Waals surface area (Å²) in [5, 5.41) is 3.54. The maximum atomic E-state index is 6.13. The summed E-state index contributed by atoms with van der Waals surface area (Å²) in [5.74, 6) is 1.74. The maximum absolute atomic E-state index is 6.13. The summed E-state index contributed by atoms with van der Waals surface area (Å²) in [4.78, 5) is 0. The van der Waals surface area contributed by atoms with E-state index in [1.807, 2.05) is 19.1 Å². The number of ether oxygens (including phenoxy) is 3. The Morgan fingerprint density at radius 1 is 1.43 bits per heavy atom. The van der Waals surface area contributed by atoms with Gasteiger partial charge >= 0.3 is 0 Å². The molecule has 21 heavy (non-hydrogen) atoms. The molecule has 0 aromatic heterocycles. The summed E-state index contributed by atoms with van der Waals surface area (Å²) in [6.07, 6.45) is 0.989. The van der Waals surface area contributed by atoms with Crippen LogP contribution < -0.4 is 14.8 Å². The Hall–Kier alpha value is -1.26. The van der Waals surface area contributed by atoms with Crippen LogP contribution in [0.1, 0.15) is 45.7 Å². The van der Waals surface area contributed by atoms with Crippen LogP contribution in [0.25, 0.3) is 0 Å². The van der Waals surface area contributed by atoms with Crippen LogP contribution in [0.15, 0.2) is 18.2 Å². The molecule has 2 rings (SSSR count). The normalized spacial score (nSPS) is 21.3. The number of hydrogen-bond acceptors (Lipinski definition) is 4. The number of benzene rings is 1. The molecule has 0 radical (unpaired) electrons. The largest absolute Gasteiger partial charge is 0.488 e. The van der Waals surface area contributed by atoms with E-state index >= 15 is 0 Å². The van der Waals surface area contributed by atoms with Gasteiger partial charge in [0.1, 0.15) is 23.2 Å². The highest BCUT2D eigenvalue weighted by molar-refractivity contribution is 5.44. The summed E-state index contributed by atoms with van der Waals surface area (Å²) < 4.78 is 17.1. The van der Waals surface area contributed by atoms with Gasteiger partial charge < -0.3 is 19.5 Å². The summed E-state index contributed by atoms with van der Waals surface area (Å²) in [5.41, 5.74) is 1.04. The highest BCUT2D eigenvalue weighted by atomic mass is 16.5. The van der Waals surface area contributed by atoms with Crippen LogP contribution in [-0.4, -0.2) is 32.0 Å². The predicted molar refractivity (Wildman–Crippen MR) is 84.1 cm³/mol.